The Bertz CT molecular complexity index is 1320. The number of morpholine rings is 1. The van der Waals surface area contributed by atoms with Gasteiger partial charge in [-0.25, -0.2) is 13.4 Å². The molecule has 190 valence electrons. The summed E-state index contributed by atoms with van der Waals surface area (Å²) < 4.78 is 32.8. The predicted octanol–water partition coefficient (Wildman–Crippen LogP) is 4.48. The minimum absolute atomic E-state index is 0.131. The molecule has 1 aliphatic rings. The van der Waals surface area contributed by atoms with E-state index in [4.69, 9.17) is 4.74 Å². The Morgan fingerprint density at radius 2 is 1.81 bits per heavy atom. The number of aromatic nitrogens is 2. The summed E-state index contributed by atoms with van der Waals surface area (Å²) in [6, 6.07) is 15.1. The zero-order valence-electron chi connectivity index (χ0n) is 20.8. The molecule has 0 amide bonds. The van der Waals surface area contributed by atoms with E-state index in [-0.39, 0.29) is 4.90 Å². The summed E-state index contributed by atoms with van der Waals surface area (Å²) in [6.45, 7) is 12.7. The van der Waals surface area contributed by atoms with Gasteiger partial charge in [0.2, 0.25) is 5.95 Å². The number of ether oxygens (including phenoxy) is 1. The summed E-state index contributed by atoms with van der Waals surface area (Å²) in [7, 11) is -3.69. The van der Waals surface area contributed by atoms with Crippen LogP contribution in [0, 0.1) is 6.92 Å². The highest BCUT2D eigenvalue weighted by Gasteiger charge is 2.18. The number of rotatable bonds is 9. The Labute approximate surface area is 212 Å². The van der Waals surface area contributed by atoms with E-state index in [2.05, 4.69) is 55.9 Å². The molecular weight excluding hydrogens is 476 g/mol. The van der Waals surface area contributed by atoms with Crippen LogP contribution in [0.3, 0.4) is 0 Å². The highest BCUT2D eigenvalue weighted by atomic mass is 32.2. The fourth-order valence-corrected chi connectivity index (χ4v) is 5.06. The van der Waals surface area contributed by atoms with Crippen LogP contribution in [0.15, 0.2) is 71.9 Å². The molecule has 1 atom stereocenters. The van der Waals surface area contributed by atoms with Gasteiger partial charge in [-0.15, -0.1) is 0 Å². The third-order valence-electron chi connectivity index (χ3n) is 5.93. The molecule has 0 aliphatic carbocycles. The number of benzene rings is 2. The molecule has 2 heterocycles. The normalized spacial score (nSPS) is 15.2. The van der Waals surface area contributed by atoms with E-state index in [1.165, 1.54) is 11.6 Å². The first kappa shape index (κ1) is 25.6. The van der Waals surface area contributed by atoms with Crippen LogP contribution in [0.5, 0.6) is 0 Å². The van der Waals surface area contributed by atoms with Crippen molar-refractivity contribution in [3.63, 3.8) is 0 Å². The van der Waals surface area contributed by atoms with Crippen molar-refractivity contribution in [2.24, 2.45) is 0 Å². The quantitative estimate of drug-likeness (QED) is 0.388. The van der Waals surface area contributed by atoms with Crippen molar-refractivity contribution in [2.45, 2.75) is 31.7 Å². The van der Waals surface area contributed by atoms with Crippen LogP contribution >= 0.6 is 0 Å². The van der Waals surface area contributed by atoms with E-state index in [9.17, 15) is 8.42 Å². The van der Waals surface area contributed by atoms with Gasteiger partial charge in [0.25, 0.3) is 10.0 Å². The number of allylic oxidation sites excluding steroid dienone is 1. The molecule has 1 fully saturated rings. The van der Waals surface area contributed by atoms with E-state index < -0.39 is 10.0 Å². The molecule has 2 aromatic carbocycles. The van der Waals surface area contributed by atoms with Crippen LogP contribution in [-0.4, -0.2) is 49.6 Å². The fourth-order valence-electron chi connectivity index (χ4n) is 3.94. The second-order valence-electron chi connectivity index (χ2n) is 8.84. The number of sulfonamides is 1. The lowest BCUT2D eigenvalue weighted by Crippen LogP contribution is -2.37. The summed E-state index contributed by atoms with van der Waals surface area (Å²) in [6.07, 6.45) is 1.72. The Morgan fingerprint density at radius 3 is 2.50 bits per heavy atom. The Balaban J connectivity index is 1.46. The van der Waals surface area contributed by atoms with Crippen LogP contribution in [0.1, 0.15) is 31.0 Å². The van der Waals surface area contributed by atoms with E-state index in [0.717, 1.165) is 37.6 Å². The first-order valence-electron chi connectivity index (χ1n) is 11.8. The molecule has 3 N–H and O–H groups in total. The van der Waals surface area contributed by atoms with Gasteiger partial charge >= 0.3 is 0 Å². The maximum atomic E-state index is 12.5. The molecule has 0 radical (unpaired) electrons. The number of aryl methyl sites for hydroxylation is 1. The minimum atomic E-state index is -3.69. The molecule has 0 spiro atoms. The largest absolute Gasteiger partial charge is 0.379 e. The Hall–Kier alpha value is -3.47. The number of hydrogen-bond acceptors (Lipinski definition) is 8. The van der Waals surface area contributed by atoms with E-state index in [0.29, 0.717) is 29.2 Å². The van der Waals surface area contributed by atoms with E-state index >= 15 is 0 Å². The van der Waals surface area contributed by atoms with Crippen molar-refractivity contribution in [3.8, 4) is 0 Å². The van der Waals surface area contributed by atoms with Crippen LogP contribution < -0.4 is 15.4 Å². The van der Waals surface area contributed by atoms with Gasteiger partial charge in [0.15, 0.2) is 0 Å². The molecular formula is C26H32N6O3S. The predicted molar refractivity (Wildman–Crippen MR) is 142 cm³/mol. The van der Waals surface area contributed by atoms with Crippen molar-refractivity contribution >= 4 is 33.2 Å². The molecule has 3 aromatic rings. The molecule has 0 bridgehead atoms. The monoisotopic (exact) mass is 508 g/mol. The van der Waals surface area contributed by atoms with Crippen LogP contribution in [-0.2, 0) is 14.8 Å². The highest BCUT2D eigenvalue weighted by molar-refractivity contribution is 7.89. The minimum Gasteiger partial charge on any atom is -0.379 e. The number of anilines is 4. The van der Waals surface area contributed by atoms with Crippen LogP contribution in [0.2, 0.25) is 0 Å². The van der Waals surface area contributed by atoms with E-state index in [1.54, 1.807) is 31.3 Å². The lowest BCUT2D eigenvalue weighted by Gasteiger charge is -2.32. The zero-order valence-corrected chi connectivity index (χ0v) is 21.6. The molecule has 9 nitrogen and oxygen atoms in total. The molecule has 0 saturated carbocycles. The molecule has 36 heavy (non-hydrogen) atoms. The number of hydrogen-bond donors (Lipinski definition) is 3. The summed E-state index contributed by atoms with van der Waals surface area (Å²) in [5.41, 5.74) is 3.88. The third kappa shape index (κ3) is 6.39. The maximum absolute atomic E-state index is 12.5. The first-order valence-corrected chi connectivity index (χ1v) is 13.3. The van der Waals surface area contributed by atoms with Gasteiger partial charge in [-0.3, -0.25) is 9.62 Å². The lowest BCUT2D eigenvalue weighted by atomic mass is 10.1. The lowest BCUT2D eigenvalue weighted by molar-refractivity contribution is 0.0198. The molecule has 10 heteroatoms. The molecule has 1 aromatic heterocycles. The van der Waals surface area contributed by atoms with Gasteiger partial charge in [0, 0.05) is 48.0 Å². The average molecular weight is 509 g/mol. The Kier molecular flexibility index (Phi) is 7.88. The second-order valence-corrected chi connectivity index (χ2v) is 10.5. The van der Waals surface area contributed by atoms with Crippen LogP contribution in [0.25, 0.3) is 0 Å². The van der Waals surface area contributed by atoms with Gasteiger partial charge in [-0.2, -0.15) is 4.98 Å². The summed E-state index contributed by atoms with van der Waals surface area (Å²) >= 11 is 0. The van der Waals surface area contributed by atoms with Gasteiger partial charge < -0.3 is 15.4 Å². The molecule has 1 aliphatic heterocycles. The number of nitrogens with zero attached hydrogens (tertiary/aromatic N) is 3. The van der Waals surface area contributed by atoms with Crippen molar-refractivity contribution in [3.05, 3.63) is 78.1 Å². The summed E-state index contributed by atoms with van der Waals surface area (Å²) in [5, 5.41) is 6.45. The highest BCUT2D eigenvalue weighted by Crippen LogP contribution is 2.25. The maximum Gasteiger partial charge on any atom is 0.261 e. The zero-order chi connectivity index (χ0) is 25.7. The molecule has 4 rings (SSSR count). The SMILES string of the molecule is C=C(C)NS(=O)(=O)c1cccc(Nc2nc(Nc3ccc(C(C)N4CCOCC4)cc3)ncc2C)c1. The van der Waals surface area contributed by atoms with Gasteiger partial charge in [-0.05, 0) is 56.7 Å². The van der Waals surface area contributed by atoms with Crippen molar-refractivity contribution in [2.75, 3.05) is 36.9 Å². The average Bonchev–Trinajstić information content (AvgIpc) is 2.86. The molecule has 1 unspecified atom stereocenters. The Morgan fingerprint density at radius 1 is 1.08 bits per heavy atom. The standard InChI is InChI=1S/C26H32N6O3S/c1-18(2)31-36(33,34)24-7-5-6-23(16-24)28-25-19(3)17-27-26(30-25)29-22-10-8-21(9-11-22)20(4)32-12-14-35-15-13-32/h5-11,16-17,20,31H,1,12-15H2,2-4H3,(H2,27,28,29,30). The number of nitrogens with one attached hydrogen (secondary N) is 3. The van der Waals surface area contributed by atoms with Crippen molar-refractivity contribution < 1.29 is 13.2 Å². The summed E-state index contributed by atoms with van der Waals surface area (Å²) in [5.74, 6) is 1.01. The van der Waals surface area contributed by atoms with Gasteiger partial charge in [-0.1, -0.05) is 24.8 Å². The van der Waals surface area contributed by atoms with Crippen LogP contribution in [0.4, 0.5) is 23.1 Å². The summed E-state index contributed by atoms with van der Waals surface area (Å²) in [4.78, 5) is 11.5. The first-order chi connectivity index (χ1) is 17.2. The second kappa shape index (κ2) is 11.1. The van der Waals surface area contributed by atoms with E-state index in [1.807, 2.05) is 19.1 Å². The molecule has 1 saturated heterocycles. The van der Waals surface area contributed by atoms with Crippen molar-refractivity contribution in [1.82, 2.24) is 19.6 Å². The van der Waals surface area contributed by atoms with Gasteiger partial charge in [0.1, 0.15) is 5.82 Å². The third-order valence-corrected chi connectivity index (χ3v) is 7.42. The van der Waals surface area contributed by atoms with Gasteiger partial charge in [0.05, 0.1) is 18.1 Å². The topological polar surface area (TPSA) is 108 Å². The smallest absolute Gasteiger partial charge is 0.261 e. The van der Waals surface area contributed by atoms with Crippen molar-refractivity contribution in [1.29, 1.82) is 0 Å². The fraction of sp³-hybridized carbons (Fsp3) is 0.308.